The predicted molar refractivity (Wildman–Crippen MR) is 114 cm³/mol. The molecule has 1 saturated heterocycles. The fourth-order valence-electron chi connectivity index (χ4n) is 3.46. The molecule has 7 nitrogen and oxygen atoms in total. The average molecular weight is 412 g/mol. The molecule has 0 bridgehead atoms. The standard InChI is InChI=1S/C21H22ClN5O2/c1-13-4-5-14(11-18(13)27-10-9-24-21(27)29)20(28)23-8-2-3-19-25-16-7-6-15(22)12-17(16)26-19/h4-7,11-12H,2-3,8-10H2,1H3,(H,23,28)(H,24,29)(H,25,26). The van der Waals surface area contributed by atoms with Gasteiger partial charge in [-0.1, -0.05) is 17.7 Å². The Hall–Kier alpha value is -3.06. The number of imidazole rings is 1. The fourth-order valence-corrected chi connectivity index (χ4v) is 3.63. The van der Waals surface area contributed by atoms with Crippen molar-refractivity contribution in [2.75, 3.05) is 24.5 Å². The van der Waals surface area contributed by atoms with Crippen molar-refractivity contribution < 1.29 is 9.59 Å². The van der Waals surface area contributed by atoms with E-state index in [1.807, 2.05) is 31.2 Å². The van der Waals surface area contributed by atoms with Crippen LogP contribution in [0, 0.1) is 6.92 Å². The van der Waals surface area contributed by atoms with Gasteiger partial charge in [-0.05, 0) is 49.2 Å². The summed E-state index contributed by atoms with van der Waals surface area (Å²) >= 11 is 6.00. The van der Waals surface area contributed by atoms with Crippen molar-refractivity contribution in [3.05, 3.63) is 58.4 Å². The number of carbonyl (C=O) groups excluding carboxylic acids is 2. The molecule has 3 amide bonds. The summed E-state index contributed by atoms with van der Waals surface area (Å²) in [4.78, 5) is 33.9. The molecular formula is C21H22ClN5O2. The number of hydrogen-bond donors (Lipinski definition) is 3. The number of nitrogens with zero attached hydrogens (tertiary/aromatic N) is 2. The Morgan fingerprint density at radius 3 is 2.93 bits per heavy atom. The zero-order valence-corrected chi connectivity index (χ0v) is 16.8. The number of fused-ring (bicyclic) bond motifs is 1. The van der Waals surface area contributed by atoms with Crippen LogP contribution in [0.4, 0.5) is 10.5 Å². The van der Waals surface area contributed by atoms with E-state index in [1.165, 1.54) is 0 Å². The number of urea groups is 1. The minimum absolute atomic E-state index is 0.127. The molecule has 0 unspecified atom stereocenters. The molecule has 0 atom stereocenters. The first-order valence-corrected chi connectivity index (χ1v) is 9.97. The molecule has 3 N–H and O–H groups in total. The zero-order chi connectivity index (χ0) is 20.4. The van der Waals surface area contributed by atoms with E-state index in [1.54, 1.807) is 17.0 Å². The summed E-state index contributed by atoms with van der Waals surface area (Å²) in [6, 6.07) is 10.9. The van der Waals surface area contributed by atoms with Crippen LogP contribution in [-0.4, -0.2) is 41.5 Å². The highest BCUT2D eigenvalue weighted by Crippen LogP contribution is 2.23. The second-order valence-corrected chi connectivity index (χ2v) is 7.53. The molecule has 150 valence electrons. The number of rotatable bonds is 6. The second kappa shape index (κ2) is 8.13. The van der Waals surface area contributed by atoms with Gasteiger partial charge in [0.1, 0.15) is 5.82 Å². The Labute approximate surface area is 173 Å². The van der Waals surface area contributed by atoms with E-state index in [-0.39, 0.29) is 11.9 Å². The number of aromatic nitrogens is 2. The van der Waals surface area contributed by atoms with Crippen LogP contribution in [0.2, 0.25) is 5.02 Å². The van der Waals surface area contributed by atoms with Gasteiger partial charge in [0, 0.05) is 42.3 Å². The molecule has 29 heavy (non-hydrogen) atoms. The summed E-state index contributed by atoms with van der Waals surface area (Å²) in [6.45, 7) is 3.68. The van der Waals surface area contributed by atoms with E-state index in [0.717, 1.165) is 41.0 Å². The minimum Gasteiger partial charge on any atom is -0.352 e. The van der Waals surface area contributed by atoms with Gasteiger partial charge in [-0.2, -0.15) is 0 Å². The Morgan fingerprint density at radius 1 is 1.28 bits per heavy atom. The molecule has 2 heterocycles. The van der Waals surface area contributed by atoms with Crippen molar-refractivity contribution in [3.63, 3.8) is 0 Å². The number of anilines is 1. The van der Waals surface area contributed by atoms with E-state index in [2.05, 4.69) is 20.6 Å². The first kappa shape index (κ1) is 19.3. The third-order valence-electron chi connectivity index (χ3n) is 4.99. The van der Waals surface area contributed by atoms with E-state index < -0.39 is 0 Å². The van der Waals surface area contributed by atoms with Crippen molar-refractivity contribution in [2.45, 2.75) is 19.8 Å². The lowest BCUT2D eigenvalue weighted by atomic mass is 10.1. The Kier molecular flexibility index (Phi) is 5.40. The molecule has 1 aliphatic rings. The van der Waals surface area contributed by atoms with Crippen molar-refractivity contribution >= 4 is 40.3 Å². The number of H-pyrrole nitrogens is 1. The molecule has 1 aliphatic heterocycles. The third-order valence-corrected chi connectivity index (χ3v) is 5.22. The van der Waals surface area contributed by atoms with Crippen LogP contribution in [0.5, 0.6) is 0 Å². The second-order valence-electron chi connectivity index (χ2n) is 7.09. The third kappa shape index (κ3) is 4.19. The highest BCUT2D eigenvalue weighted by molar-refractivity contribution is 6.31. The van der Waals surface area contributed by atoms with Gasteiger partial charge in [0.15, 0.2) is 0 Å². The van der Waals surface area contributed by atoms with Crippen LogP contribution in [0.3, 0.4) is 0 Å². The molecule has 0 radical (unpaired) electrons. The van der Waals surface area contributed by atoms with Crippen LogP contribution >= 0.6 is 11.6 Å². The van der Waals surface area contributed by atoms with E-state index in [0.29, 0.717) is 30.2 Å². The number of aromatic amines is 1. The van der Waals surface area contributed by atoms with Gasteiger partial charge >= 0.3 is 6.03 Å². The summed E-state index contributed by atoms with van der Waals surface area (Å²) < 4.78 is 0. The maximum Gasteiger partial charge on any atom is 0.322 e. The van der Waals surface area contributed by atoms with Crippen LogP contribution in [0.1, 0.15) is 28.2 Å². The number of carbonyl (C=O) groups is 2. The maximum atomic E-state index is 12.5. The largest absolute Gasteiger partial charge is 0.352 e. The molecule has 0 aliphatic carbocycles. The van der Waals surface area contributed by atoms with Crippen LogP contribution in [0.25, 0.3) is 11.0 Å². The Bertz CT molecular complexity index is 1080. The van der Waals surface area contributed by atoms with Crippen LogP contribution < -0.4 is 15.5 Å². The number of hydrogen-bond acceptors (Lipinski definition) is 3. The smallest absolute Gasteiger partial charge is 0.322 e. The monoisotopic (exact) mass is 411 g/mol. The number of benzene rings is 2. The highest BCUT2D eigenvalue weighted by atomic mass is 35.5. The first-order valence-electron chi connectivity index (χ1n) is 9.59. The lowest BCUT2D eigenvalue weighted by Crippen LogP contribution is -2.29. The number of nitrogens with one attached hydrogen (secondary N) is 3. The number of halogens is 1. The molecule has 8 heteroatoms. The summed E-state index contributed by atoms with van der Waals surface area (Å²) in [7, 11) is 0. The Balaban J connectivity index is 1.34. The predicted octanol–water partition coefficient (Wildman–Crippen LogP) is 3.42. The quantitative estimate of drug-likeness (QED) is 0.543. The van der Waals surface area contributed by atoms with Gasteiger partial charge in [-0.25, -0.2) is 9.78 Å². The average Bonchev–Trinajstić information content (AvgIpc) is 3.30. The molecule has 2 aromatic carbocycles. The SMILES string of the molecule is Cc1ccc(C(=O)NCCCc2nc3ccc(Cl)cc3[nH]2)cc1N1CCNC1=O. The fraction of sp³-hybridized carbons (Fsp3) is 0.286. The van der Waals surface area contributed by atoms with Crippen molar-refractivity contribution in [1.29, 1.82) is 0 Å². The Morgan fingerprint density at radius 2 is 2.14 bits per heavy atom. The molecule has 3 aromatic rings. The number of aryl methyl sites for hydroxylation is 2. The summed E-state index contributed by atoms with van der Waals surface area (Å²) in [5.41, 5.74) is 4.07. The van der Waals surface area contributed by atoms with Gasteiger partial charge in [0.05, 0.1) is 11.0 Å². The summed E-state index contributed by atoms with van der Waals surface area (Å²) in [5, 5.41) is 6.39. The first-order chi connectivity index (χ1) is 14.0. The lowest BCUT2D eigenvalue weighted by molar-refractivity contribution is 0.0953. The van der Waals surface area contributed by atoms with Gasteiger partial charge in [0.2, 0.25) is 0 Å². The maximum absolute atomic E-state index is 12.5. The van der Waals surface area contributed by atoms with Gasteiger partial charge < -0.3 is 15.6 Å². The number of amides is 3. The highest BCUT2D eigenvalue weighted by Gasteiger charge is 2.23. The van der Waals surface area contributed by atoms with Crippen molar-refractivity contribution in [1.82, 2.24) is 20.6 Å². The van der Waals surface area contributed by atoms with Gasteiger partial charge in [-0.15, -0.1) is 0 Å². The van der Waals surface area contributed by atoms with E-state index >= 15 is 0 Å². The summed E-state index contributed by atoms with van der Waals surface area (Å²) in [6.07, 6.45) is 1.48. The van der Waals surface area contributed by atoms with Gasteiger partial charge in [-0.3, -0.25) is 9.69 Å². The normalized spacial score (nSPS) is 13.7. The molecule has 0 spiro atoms. The lowest BCUT2D eigenvalue weighted by Gasteiger charge is -2.18. The van der Waals surface area contributed by atoms with E-state index in [4.69, 9.17) is 11.6 Å². The van der Waals surface area contributed by atoms with Crippen molar-refractivity contribution in [3.8, 4) is 0 Å². The molecule has 0 saturated carbocycles. The van der Waals surface area contributed by atoms with Crippen LogP contribution in [-0.2, 0) is 6.42 Å². The zero-order valence-electron chi connectivity index (χ0n) is 16.1. The van der Waals surface area contributed by atoms with Crippen LogP contribution in [0.15, 0.2) is 36.4 Å². The molecule has 1 fully saturated rings. The summed E-state index contributed by atoms with van der Waals surface area (Å²) in [5.74, 6) is 0.719. The molecular weight excluding hydrogens is 390 g/mol. The topological polar surface area (TPSA) is 90.1 Å². The minimum atomic E-state index is -0.151. The molecule has 1 aromatic heterocycles. The van der Waals surface area contributed by atoms with Crippen molar-refractivity contribution in [2.24, 2.45) is 0 Å². The van der Waals surface area contributed by atoms with E-state index in [9.17, 15) is 9.59 Å². The van der Waals surface area contributed by atoms with Gasteiger partial charge in [0.25, 0.3) is 5.91 Å². The molecule has 4 rings (SSSR count).